The Bertz CT molecular complexity index is 779. The highest BCUT2D eigenvalue weighted by atomic mass is 16.2. The molecule has 2 aromatic rings. The maximum absolute atomic E-state index is 12.2. The zero-order valence-electron chi connectivity index (χ0n) is 15.7. The van der Waals surface area contributed by atoms with E-state index in [9.17, 15) is 9.59 Å². The second-order valence-corrected chi connectivity index (χ2v) is 6.62. The number of anilines is 1. The lowest BCUT2D eigenvalue weighted by molar-refractivity contribution is -0.129. The Labute approximate surface area is 159 Å². The molecule has 2 amide bonds. The van der Waals surface area contributed by atoms with Crippen LogP contribution in [0.4, 0.5) is 5.82 Å². The molecular weight excluding hydrogens is 342 g/mol. The molecule has 1 aromatic heterocycles. The number of pyridine rings is 1. The van der Waals surface area contributed by atoms with Crippen molar-refractivity contribution in [2.24, 2.45) is 5.73 Å². The number of nitrogen functional groups attached to an aromatic ring is 1. The van der Waals surface area contributed by atoms with E-state index >= 15 is 0 Å². The minimum absolute atomic E-state index is 0.284. The van der Waals surface area contributed by atoms with Gasteiger partial charge in [0.25, 0.3) is 0 Å². The number of rotatable bonds is 8. The van der Waals surface area contributed by atoms with Crippen molar-refractivity contribution in [1.82, 2.24) is 15.6 Å². The normalized spacial score (nSPS) is 12.9. The number of carbonyl (C=O) groups excluding carboxylic acids is 2. The smallest absolute Gasteiger partial charge is 0.242 e. The van der Waals surface area contributed by atoms with Gasteiger partial charge in [-0.05, 0) is 49.4 Å². The van der Waals surface area contributed by atoms with Crippen LogP contribution < -0.4 is 22.1 Å². The minimum atomic E-state index is -0.678. The third kappa shape index (κ3) is 6.38. The molecule has 0 saturated carbocycles. The van der Waals surface area contributed by atoms with Gasteiger partial charge in [-0.25, -0.2) is 4.98 Å². The lowest BCUT2D eigenvalue weighted by Gasteiger charge is -2.17. The molecule has 0 aliphatic carbocycles. The van der Waals surface area contributed by atoms with E-state index in [4.69, 9.17) is 11.5 Å². The maximum atomic E-state index is 12.2. The monoisotopic (exact) mass is 369 g/mol. The van der Waals surface area contributed by atoms with E-state index in [2.05, 4.69) is 15.6 Å². The van der Waals surface area contributed by atoms with Gasteiger partial charge in [0.15, 0.2) is 0 Å². The molecule has 27 heavy (non-hydrogen) atoms. The molecule has 144 valence electrons. The van der Waals surface area contributed by atoms with E-state index in [0.29, 0.717) is 25.2 Å². The first-order chi connectivity index (χ1) is 12.9. The van der Waals surface area contributed by atoms with E-state index in [1.54, 1.807) is 13.1 Å². The van der Waals surface area contributed by atoms with Gasteiger partial charge < -0.3 is 22.1 Å². The quantitative estimate of drug-likeness (QED) is 0.554. The van der Waals surface area contributed by atoms with Crippen LogP contribution in [0.25, 0.3) is 0 Å². The molecule has 0 aliphatic rings. The van der Waals surface area contributed by atoms with Crippen molar-refractivity contribution in [2.45, 2.75) is 45.3 Å². The third-order valence-electron chi connectivity index (χ3n) is 4.32. The number of carbonyl (C=O) groups is 2. The van der Waals surface area contributed by atoms with E-state index in [1.807, 2.05) is 43.3 Å². The molecule has 0 aliphatic heterocycles. The van der Waals surface area contributed by atoms with E-state index < -0.39 is 12.1 Å². The lowest BCUT2D eigenvalue weighted by Crippen LogP contribution is -2.50. The standard InChI is InChI=1S/C20H27N5O2/c1-13-10-16(11-23-18(13)22)12-24-19(26)14(2)25-20(27)17(21)9-8-15-6-4-3-5-7-15/h3-7,10-11,14,17H,8-9,12,21H2,1-2H3,(H2,22,23)(H,24,26)(H,25,27)/t14-,17+/m0/s1. The predicted octanol–water partition coefficient (Wildman–Crippen LogP) is 1.05. The van der Waals surface area contributed by atoms with Crippen LogP contribution in [-0.2, 0) is 22.6 Å². The summed E-state index contributed by atoms with van der Waals surface area (Å²) in [6.07, 6.45) is 2.84. The zero-order chi connectivity index (χ0) is 19.8. The number of amides is 2. The van der Waals surface area contributed by atoms with Crippen LogP contribution in [0, 0.1) is 6.92 Å². The zero-order valence-corrected chi connectivity index (χ0v) is 15.7. The average molecular weight is 369 g/mol. The fourth-order valence-corrected chi connectivity index (χ4v) is 2.57. The molecule has 0 fully saturated rings. The molecule has 1 aromatic carbocycles. The largest absolute Gasteiger partial charge is 0.383 e. The highest BCUT2D eigenvalue weighted by molar-refractivity contribution is 5.89. The highest BCUT2D eigenvalue weighted by Crippen LogP contribution is 2.08. The van der Waals surface area contributed by atoms with Crippen LogP contribution in [0.3, 0.4) is 0 Å². The Morgan fingerprint density at radius 3 is 2.52 bits per heavy atom. The van der Waals surface area contributed by atoms with Crippen molar-refractivity contribution in [3.63, 3.8) is 0 Å². The first kappa shape index (κ1) is 20.4. The fraction of sp³-hybridized carbons (Fsp3) is 0.350. The van der Waals surface area contributed by atoms with Gasteiger partial charge in [0.1, 0.15) is 11.9 Å². The van der Waals surface area contributed by atoms with Crippen molar-refractivity contribution in [3.8, 4) is 0 Å². The van der Waals surface area contributed by atoms with Crippen molar-refractivity contribution in [3.05, 3.63) is 59.3 Å². The number of benzene rings is 1. The molecule has 2 rings (SSSR count). The second-order valence-electron chi connectivity index (χ2n) is 6.62. The molecule has 6 N–H and O–H groups in total. The van der Waals surface area contributed by atoms with Gasteiger partial charge in [-0.1, -0.05) is 30.3 Å². The first-order valence-electron chi connectivity index (χ1n) is 8.95. The summed E-state index contributed by atoms with van der Waals surface area (Å²) in [7, 11) is 0. The molecule has 7 heteroatoms. The fourth-order valence-electron chi connectivity index (χ4n) is 2.57. The van der Waals surface area contributed by atoms with Gasteiger partial charge in [-0.3, -0.25) is 9.59 Å². The predicted molar refractivity (Wildman–Crippen MR) is 106 cm³/mol. The van der Waals surface area contributed by atoms with Gasteiger partial charge in [-0.2, -0.15) is 0 Å². The number of nitrogens with two attached hydrogens (primary N) is 2. The highest BCUT2D eigenvalue weighted by Gasteiger charge is 2.19. The average Bonchev–Trinajstić information content (AvgIpc) is 2.67. The summed E-state index contributed by atoms with van der Waals surface area (Å²) in [5.74, 6) is -0.151. The topological polar surface area (TPSA) is 123 Å². The van der Waals surface area contributed by atoms with Crippen LogP contribution in [0.15, 0.2) is 42.6 Å². The van der Waals surface area contributed by atoms with Crippen LogP contribution in [0.5, 0.6) is 0 Å². The number of aryl methyl sites for hydroxylation is 2. The Balaban J connectivity index is 1.76. The number of hydrogen-bond donors (Lipinski definition) is 4. The van der Waals surface area contributed by atoms with Crippen LogP contribution in [-0.4, -0.2) is 28.9 Å². The molecule has 0 bridgehead atoms. The molecular formula is C20H27N5O2. The minimum Gasteiger partial charge on any atom is -0.383 e. The summed E-state index contributed by atoms with van der Waals surface area (Å²) in [5, 5.41) is 5.43. The van der Waals surface area contributed by atoms with Gasteiger partial charge in [-0.15, -0.1) is 0 Å². The van der Waals surface area contributed by atoms with E-state index in [1.165, 1.54) is 0 Å². The molecule has 7 nitrogen and oxygen atoms in total. The number of nitrogens with zero attached hydrogens (tertiary/aromatic N) is 1. The Hall–Kier alpha value is -2.93. The Morgan fingerprint density at radius 1 is 1.15 bits per heavy atom. The Morgan fingerprint density at radius 2 is 1.85 bits per heavy atom. The summed E-state index contributed by atoms with van der Waals surface area (Å²) in [6, 6.07) is 10.4. The maximum Gasteiger partial charge on any atom is 0.242 e. The summed E-state index contributed by atoms with van der Waals surface area (Å²) >= 11 is 0. The molecule has 1 heterocycles. The first-order valence-corrected chi connectivity index (χ1v) is 8.95. The lowest BCUT2D eigenvalue weighted by atomic mass is 10.1. The van der Waals surface area contributed by atoms with Crippen molar-refractivity contribution in [1.29, 1.82) is 0 Å². The summed E-state index contributed by atoms with van der Waals surface area (Å²) in [4.78, 5) is 28.4. The van der Waals surface area contributed by atoms with Gasteiger partial charge in [0.05, 0.1) is 6.04 Å². The number of hydrogen-bond acceptors (Lipinski definition) is 5. The number of aromatic nitrogens is 1. The molecule has 0 unspecified atom stereocenters. The number of nitrogens with one attached hydrogen (secondary N) is 2. The van der Waals surface area contributed by atoms with Gasteiger partial charge >= 0.3 is 0 Å². The van der Waals surface area contributed by atoms with E-state index in [-0.39, 0.29) is 11.8 Å². The van der Waals surface area contributed by atoms with Crippen LogP contribution in [0.1, 0.15) is 30.0 Å². The van der Waals surface area contributed by atoms with Crippen molar-refractivity contribution < 1.29 is 9.59 Å². The van der Waals surface area contributed by atoms with Crippen LogP contribution >= 0.6 is 0 Å². The second kappa shape index (κ2) is 9.68. The van der Waals surface area contributed by atoms with Gasteiger partial charge in [0, 0.05) is 12.7 Å². The van der Waals surface area contributed by atoms with Crippen LogP contribution in [0.2, 0.25) is 0 Å². The van der Waals surface area contributed by atoms with Gasteiger partial charge in [0.2, 0.25) is 11.8 Å². The third-order valence-corrected chi connectivity index (χ3v) is 4.32. The van der Waals surface area contributed by atoms with Crippen molar-refractivity contribution in [2.75, 3.05) is 5.73 Å². The Kier molecular flexibility index (Phi) is 7.31. The SMILES string of the molecule is Cc1cc(CNC(=O)[C@H](C)NC(=O)[C@H](N)CCc2ccccc2)cnc1N. The molecule has 0 saturated heterocycles. The molecule has 0 radical (unpaired) electrons. The molecule has 2 atom stereocenters. The van der Waals surface area contributed by atoms with Crippen molar-refractivity contribution >= 4 is 17.6 Å². The van der Waals surface area contributed by atoms with E-state index in [0.717, 1.165) is 16.7 Å². The summed E-state index contributed by atoms with van der Waals surface area (Å²) < 4.78 is 0. The molecule has 0 spiro atoms. The summed E-state index contributed by atoms with van der Waals surface area (Å²) in [5.41, 5.74) is 14.4. The summed E-state index contributed by atoms with van der Waals surface area (Å²) in [6.45, 7) is 3.80.